The van der Waals surface area contributed by atoms with Crippen molar-refractivity contribution in [2.24, 2.45) is 5.92 Å². The highest BCUT2D eigenvalue weighted by Crippen LogP contribution is 2.30. The Kier molecular flexibility index (Phi) is 3.67. The Morgan fingerprint density at radius 1 is 1.47 bits per heavy atom. The van der Waals surface area contributed by atoms with Crippen LogP contribution in [0.1, 0.15) is 31.7 Å². The van der Waals surface area contributed by atoms with Gasteiger partial charge in [0.15, 0.2) is 0 Å². The third-order valence-electron chi connectivity index (χ3n) is 3.36. The smallest absolute Gasteiger partial charge is 0.310 e. The molecule has 1 aliphatic carbocycles. The SMILES string of the molecule is CCc1cccc(OC2CCCC2C(=O)O)c1. The van der Waals surface area contributed by atoms with Crippen LogP contribution in [0.4, 0.5) is 0 Å². The average Bonchev–Trinajstić information content (AvgIpc) is 2.77. The van der Waals surface area contributed by atoms with Crippen LogP contribution in [0.15, 0.2) is 24.3 Å². The molecule has 1 saturated carbocycles. The first-order chi connectivity index (χ1) is 8.20. The van der Waals surface area contributed by atoms with Crippen LogP contribution < -0.4 is 4.74 Å². The highest BCUT2D eigenvalue weighted by molar-refractivity contribution is 5.71. The van der Waals surface area contributed by atoms with Crippen molar-refractivity contribution < 1.29 is 14.6 Å². The molecule has 1 aromatic rings. The van der Waals surface area contributed by atoms with Crippen molar-refractivity contribution in [1.82, 2.24) is 0 Å². The van der Waals surface area contributed by atoms with Crippen molar-refractivity contribution in [3.05, 3.63) is 29.8 Å². The Bertz CT molecular complexity index is 400. The van der Waals surface area contributed by atoms with E-state index >= 15 is 0 Å². The lowest BCUT2D eigenvalue weighted by molar-refractivity contribution is -0.143. The molecule has 1 N–H and O–H groups in total. The minimum atomic E-state index is -0.737. The maximum atomic E-state index is 11.0. The molecule has 3 heteroatoms. The number of hydrogen-bond donors (Lipinski definition) is 1. The van der Waals surface area contributed by atoms with Gasteiger partial charge in [-0.25, -0.2) is 0 Å². The zero-order valence-electron chi connectivity index (χ0n) is 10.1. The Labute approximate surface area is 101 Å². The van der Waals surface area contributed by atoms with Crippen LogP contribution in [-0.4, -0.2) is 17.2 Å². The first-order valence-electron chi connectivity index (χ1n) is 6.19. The highest BCUT2D eigenvalue weighted by atomic mass is 16.5. The monoisotopic (exact) mass is 234 g/mol. The van der Waals surface area contributed by atoms with Crippen LogP contribution >= 0.6 is 0 Å². The summed E-state index contributed by atoms with van der Waals surface area (Å²) in [6.07, 6.45) is 3.31. The fraction of sp³-hybridized carbons (Fsp3) is 0.500. The van der Waals surface area contributed by atoms with E-state index in [9.17, 15) is 4.79 Å². The van der Waals surface area contributed by atoms with E-state index in [0.29, 0.717) is 0 Å². The molecule has 1 fully saturated rings. The van der Waals surface area contributed by atoms with Crippen molar-refractivity contribution in [2.75, 3.05) is 0 Å². The minimum Gasteiger partial charge on any atom is -0.490 e. The lowest BCUT2D eigenvalue weighted by atomic mass is 10.1. The van der Waals surface area contributed by atoms with Crippen LogP contribution in [0.3, 0.4) is 0 Å². The molecule has 0 amide bonds. The molecule has 3 nitrogen and oxygen atoms in total. The fourth-order valence-electron chi connectivity index (χ4n) is 2.36. The zero-order valence-corrected chi connectivity index (χ0v) is 10.1. The Balaban J connectivity index is 2.06. The summed E-state index contributed by atoms with van der Waals surface area (Å²) < 4.78 is 5.81. The third kappa shape index (κ3) is 2.78. The number of ether oxygens (including phenoxy) is 1. The molecule has 1 aromatic carbocycles. The molecule has 17 heavy (non-hydrogen) atoms. The van der Waals surface area contributed by atoms with Gasteiger partial charge in [-0.1, -0.05) is 19.1 Å². The normalized spacial score (nSPS) is 23.6. The summed E-state index contributed by atoms with van der Waals surface area (Å²) in [6, 6.07) is 7.91. The van der Waals surface area contributed by atoms with Crippen LogP contribution in [0.25, 0.3) is 0 Å². The maximum Gasteiger partial charge on any atom is 0.310 e. The van der Waals surface area contributed by atoms with Gasteiger partial charge in [-0.3, -0.25) is 4.79 Å². The van der Waals surface area contributed by atoms with Gasteiger partial charge in [0.05, 0.1) is 5.92 Å². The lowest BCUT2D eigenvalue weighted by Gasteiger charge is -2.18. The van der Waals surface area contributed by atoms with Gasteiger partial charge in [0, 0.05) is 0 Å². The number of aryl methyl sites for hydroxylation is 1. The fourth-order valence-corrected chi connectivity index (χ4v) is 2.36. The van der Waals surface area contributed by atoms with Gasteiger partial charge in [0.25, 0.3) is 0 Å². The lowest BCUT2D eigenvalue weighted by Crippen LogP contribution is -2.27. The molecule has 0 aliphatic heterocycles. The average molecular weight is 234 g/mol. The van der Waals surface area contributed by atoms with Gasteiger partial charge in [-0.05, 0) is 43.4 Å². The maximum absolute atomic E-state index is 11.0. The summed E-state index contributed by atoms with van der Waals surface area (Å²) in [7, 11) is 0. The van der Waals surface area contributed by atoms with Gasteiger partial charge < -0.3 is 9.84 Å². The first-order valence-corrected chi connectivity index (χ1v) is 6.19. The molecule has 2 rings (SSSR count). The van der Waals surface area contributed by atoms with Crippen molar-refractivity contribution in [1.29, 1.82) is 0 Å². The predicted octanol–water partition coefficient (Wildman–Crippen LogP) is 2.88. The molecule has 92 valence electrons. The topological polar surface area (TPSA) is 46.5 Å². The number of carbonyl (C=O) groups is 1. The van der Waals surface area contributed by atoms with Gasteiger partial charge in [-0.15, -0.1) is 0 Å². The summed E-state index contributed by atoms with van der Waals surface area (Å²) in [5.41, 5.74) is 1.22. The third-order valence-corrected chi connectivity index (χ3v) is 3.36. The predicted molar refractivity (Wildman–Crippen MR) is 65.2 cm³/mol. The van der Waals surface area contributed by atoms with Crippen molar-refractivity contribution in [3.8, 4) is 5.75 Å². The van der Waals surface area contributed by atoms with E-state index in [4.69, 9.17) is 9.84 Å². The first kappa shape index (κ1) is 12.0. The van der Waals surface area contributed by atoms with Crippen molar-refractivity contribution in [2.45, 2.75) is 38.7 Å². The minimum absolute atomic E-state index is 0.167. The van der Waals surface area contributed by atoms with Crippen LogP contribution in [0.5, 0.6) is 5.75 Å². The van der Waals surface area contributed by atoms with E-state index in [1.807, 2.05) is 18.2 Å². The summed E-state index contributed by atoms with van der Waals surface area (Å²) in [4.78, 5) is 11.0. The molecule has 0 bridgehead atoms. The number of aliphatic carboxylic acids is 1. The molecule has 0 heterocycles. The molecule has 2 unspecified atom stereocenters. The Morgan fingerprint density at radius 3 is 3.00 bits per heavy atom. The number of benzene rings is 1. The number of hydrogen-bond acceptors (Lipinski definition) is 2. The van der Waals surface area contributed by atoms with Crippen molar-refractivity contribution >= 4 is 5.97 Å². The van der Waals surface area contributed by atoms with Crippen LogP contribution in [0, 0.1) is 5.92 Å². The molecule has 0 radical (unpaired) electrons. The number of rotatable bonds is 4. The van der Waals surface area contributed by atoms with E-state index in [1.165, 1.54) is 5.56 Å². The van der Waals surface area contributed by atoms with E-state index in [-0.39, 0.29) is 12.0 Å². The van der Waals surface area contributed by atoms with E-state index in [0.717, 1.165) is 31.4 Å². The summed E-state index contributed by atoms with van der Waals surface area (Å²) in [6.45, 7) is 2.09. The molecular weight excluding hydrogens is 216 g/mol. The largest absolute Gasteiger partial charge is 0.490 e. The highest BCUT2D eigenvalue weighted by Gasteiger charge is 2.34. The van der Waals surface area contributed by atoms with E-state index < -0.39 is 5.97 Å². The quantitative estimate of drug-likeness (QED) is 0.871. The Hall–Kier alpha value is -1.51. The second-order valence-electron chi connectivity index (χ2n) is 4.53. The number of carboxylic acids is 1. The molecule has 0 saturated heterocycles. The summed E-state index contributed by atoms with van der Waals surface area (Å²) in [5, 5.41) is 9.08. The standard InChI is InChI=1S/C14H18O3/c1-2-10-5-3-6-11(9-10)17-13-8-4-7-12(13)14(15)16/h3,5-6,9,12-13H,2,4,7-8H2,1H3,(H,15,16). The van der Waals surface area contributed by atoms with E-state index in [1.54, 1.807) is 0 Å². The van der Waals surface area contributed by atoms with Gasteiger partial charge in [-0.2, -0.15) is 0 Å². The zero-order chi connectivity index (χ0) is 12.3. The van der Waals surface area contributed by atoms with Gasteiger partial charge >= 0.3 is 5.97 Å². The van der Waals surface area contributed by atoms with Crippen molar-refractivity contribution in [3.63, 3.8) is 0 Å². The second-order valence-corrected chi connectivity index (χ2v) is 4.53. The molecule has 2 atom stereocenters. The van der Waals surface area contributed by atoms with Gasteiger partial charge in [0.2, 0.25) is 0 Å². The van der Waals surface area contributed by atoms with Gasteiger partial charge in [0.1, 0.15) is 11.9 Å². The summed E-state index contributed by atoms with van der Waals surface area (Å²) in [5.74, 6) is -0.290. The van der Waals surface area contributed by atoms with Crippen LogP contribution in [0.2, 0.25) is 0 Å². The summed E-state index contributed by atoms with van der Waals surface area (Å²) >= 11 is 0. The van der Waals surface area contributed by atoms with Crippen LogP contribution in [-0.2, 0) is 11.2 Å². The second kappa shape index (κ2) is 5.21. The van der Waals surface area contributed by atoms with E-state index in [2.05, 4.69) is 13.0 Å². The Morgan fingerprint density at radius 2 is 2.29 bits per heavy atom. The molecular formula is C14H18O3. The molecule has 0 spiro atoms. The molecule has 0 aromatic heterocycles. The number of carboxylic acid groups (broad SMARTS) is 1. The molecule has 1 aliphatic rings.